The number of carbonyl (C=O) groups is 1. The molecule has 4 nitrogen and oxygen atoms in total. The van der Waals surface area contributed by atoms with Gasteiger partial charge in [-0.25, -0.2) is 0 Å². The fourth-order valence-electron chi connectivity index (χ4n) is 1.74. The van der Waals surface area contributed by atoms with Gasteiger partial charge in [0.25, 0.3) is 5.91 Å². The lowest BCUT2D eigenvalue weighted by molar-refractivity contribution is 0.102. The highest BCUT2D eigenvalue weighted by Gasteiger charge is 2.08. The van der Waals surface area contributed by atoms with Crippen LogP contribution in [-0.4, -0.2) is 15.9 Å². The normalized spacial score (nSPS) is 10.1. The van der Waals surface area contributed by atoms with E-state index >= 15 is 0 Å². The predicted molar refractivity (Wildman–Crippen MR) is 83.9 cm³/mol. The van der Waals surface area contributed by atoms with E-state index in [1.807, 2.05) is 24.3 Å². The fraction of sp³-hybridized carbons (Fsp3) is 0.133. The van der Waals surface area contributed by atoms with Gasteiger partial charge >= 0.3 is 0 Å². The average molecular weight is 285 g/mol. The lowest BCUT2D eigenvalue weighted by atomic mass is 10.1. The van der Waals surface area contributed by atoms with Gasteiger partial charge in [0, 0.05) is 17.4 Å². The molecule has 0 aliphatic carbocycles. The van der Waals surface area contributed by atoms with Crippen molar-refractivity contribution in [1.82, 2.24) is 4.98 Å². The number of nitrogens with zero attached hydrogens (tertiary/aromatic N) is 1. The number of pyridine rings is 1. The van der Waals surface area contributed by atoms with Crippen LogP contribution in [0.1, 0.15) is 28.5 Å². The highest BCUT2D eigenvalue weighted by atomic mass is 32.1. The lowest BCUT2D eigenvalue weighted by Gasteiger charge is -2.06. The number of anilines is 1. The SMILES string of the molecule is CCc1cccc(NC(=O)c2ccc(C(N)=S)cn2)c1. The Labute approximate surface area is 123 Å². The van der Waals surface area contributed by atoms with Crippen LogP contribution < -0.4 is 11.1 Å². The van der Waals surface area contributed by atoms with Gasteiger partial charge in [0.15, 0.2) is 0 Å². The van der Waals surface area contributed by atoms with Crippen molar-refractivity contribution in [2.45, 2.75) is 13.3 Å². The van der Waals surface area contributed by atoms with E-state index in [1.54, 1.807) is 12.1 Å². The van der Waals surface area contributed by atoms with Gasteiger partial charge < -0.3 is 11.1 Å². The first-order valence-electron chi connectivity index (χ1n) is 6.26. The molecule has 0 atom stereocenters. The molecule has 20 heavy (non-hydrogen) atoms. The van der Waals surface area contributed by atoms with Gasteiger partial charge in [-0.15, -0.1) is 0 Å². The van der Waals surface area contributed by atoms with E-state index in [4.69, 9.17) is 18.0 Å². The number of aromatic nitrogens is 1. The number of rotatable bonds is 4. The van der Waals surface area contributed by atoms with E-state index in [9.17, 15) is 4.79 Å². The summed E-state index contributed by atoms with van der Waals surface area (Å²) in [5, 5.41) is 2.82. The van der Waals surface area contributed by atoms with Crippen molar-refractivity contribution in [2.24, 2.45) is 5.73 Å². The standard InChI is InChI=1S/C15H15N3OS/c1-2-10-4-3-5-12(8-10)18-15(19)13-7-6-11(9-17-13)14(16)20/h3-9H,2H2,1H3,(H2,16,20)(H,18,19). The third-order valence-corrected chi connectivity index (χ3v) is 3.11. The highest BCUT2D eigenvalue weighted by molar-refractivity contribution is 7.80. The zero-order valence-corrected chi connectivity index (χ0v) is 11.9. The Balaban J connectivity index is 2.13. The smallest absolute Gasteiger partial charge is 0.274 e. The van der Waals surface area contributed by atoms with Crippen molar-refractivity contribution >= 4 is 28.8 Å². The molecular weight excluding hydrogens is 270 g/mol. The second kappa shape index (κ2) is 6.25. The average Bonchev–Trinajstić information content (AvgIpc) is 2.47. The monoisotopic (exact) mass is 285 g/mol. The van der Waals surface area contributed by atoms with Crippen LogP contribution in [0, 0.1) is 0 Å². The Bertz CT molecular complexity index is 638. The molecule has 0 fully saturated rings. The summed E-state index contributed by atoms with van der Waals surface area (Å²) in [7, 11) is 0. The maximum atomic E-state index is 12.1. The molecule has 0 unspecified atom stereocenters. The van der Waals surface area contributed by atoms with Gasteiger partial charge in [0.2, 0.25) is 0 Å². The summed E-state index contributed by atoms with van der Waals surface area (Å²) in [5.74, 6) is -0.257. The van der Waals surface area contributed by atoms with E-state index in [1.165, 1.54) is 11.8 Å². The molecule has 0 aliphatic heterocycles. The number of nitrogens with one attached hydrogen (secondary N) is 1. The molecule has 2 aromatic rings. The molecule has 0 bridgehead atoms. The first-order valence-corrected chi connectivity index (χ1v) is 6.67. The minimum Gasteiger partial charge on any atom is -0.389 e. The summed E-state index contributed by atoms with van der Waals surface area (Å²) in [6.07, 6.45) is 2.42. The molecule has 0 saturated carbocycles. The minimum atomic E-state index is -0.257. The Morgan fingerprint density at radius 1 is 1.35 bits per heavy atom. The number of nitrogens with two attached hydrogens (primary N) is 1. The van der Waals surface area contributed by atoms with Gasteiger partial charge in [0.05, 0.1) is 0 Å². The minimum absolute atomic E-state index is 0.257. The maximum absolute atomic E-state index is 12.1. The molecule has 0 saturated heterocycles. The van der Waals surface area contributed by atoms with Gasteiger partial charge in [-0.2, -0.15) is 0 Å². The summed E-state index contributed by atoms with van der Waals surface area (Å²) in [4.78, 5) is 16.4. The topological polar surface area (TPSA) is 68.0 Å². The number of hydrogen-bond acceptors (Lipinski definition) is 3. The molecule has 3 N–H and O–H groups in total. The highest BCUT2D eigenvalue weighted by Crippen LogP contribution is 2.12. The Morgan fingerprint density at radius 2 is 2.15 bits per heavy atom. The fourth-order valence-corrected chi connectivity index (χ4v) is 1.86. The Morgan fingerprint density at radius 3 is 2.75 bits per heavy atom. The van der Waals surface area contributed by atoms with Gasteiger partial charge in [-0.3, -0.25) is 9.78 Å². The van der Waals surface area contributed by atoms with E-state index in [0.717, 1.165) is 12.1 Å². The molecule has 102 valence electrons. The van der Waals surface area contributed by atoms with Crippen molar-refractivity contribution < 1.29 is 4.79 Å². The number of amides is 1. The molecule has 0 radical (unpaired) electrons. The van der Waals surface area contributed by atoms with Crippen molar-refractivity contribution in [3.63, 3.8) is 0 Å². The van der Waals surface area contributed by atoms with Gasteiger partial charge in [0.1, 0.15) is 10.7 Å². The van der Waals surface area contributed by atoms with Crippen molar-refractivity contribution in [2.75, 3.05) is 5.32 Å². The molecule has 0 spiro atoms. The second-order valence-electron chi connectivity index (χ2n) is 4.30. The molecule has 0 aliphatic rings. The molecular formula is C15H15N3OS. The quantitative estimate of drug-likeness (QED) is 0.847. The van der Waals surface area contributed by atoms with E-state index in [-0.39, 0.29) is 10.9 Å². The van der Waals surface area contributed by atoms with Crippen LogP contribution in [0.3, 0.4) is 0 Å². The lowest BCUT2D eigenvalue weighted by Crippen LogP contribution is -2.15. The summed E-state index contributed by atoms with van der Waals surface area (Å²) >= 11 is 4.84. The third kappa shape index (κ3) is 3.39. The van der Waals surface area contributed by atoms with Crippen LogP contribution in [0.25, 0.3) is 0 Å². The Hall–Kier alpha value is -2.27. The zero-order valence-electron chi connectivity index (χ0n) is 11.1. The molecule has 1 aromatic carbocycles. The van der Waals surface area contributed by atoms with Crippen LogP contribution in [-0.2, 0) is 6.42 Å². The largest absolute Gasteiger partial charge is 0.389 e. The predicted octanol–water partition coefficient (Wildman–Crippen LogP) is 2.53. The van der Waals surface area contributed by atoms with Crippen molar-refractivity contribution in [3.8, 4) is 0 Å². The number of hydrogen-bond donors (Lipinski definition) is 2. The van der Waals surface area contributed by atoms with Gasteiger partial charge in [-0.1, -0.05) is 31.3 Å². The van der Waals surface area contributed by atoms with E-state index in [0.29, 0.717) is 11.3 Å². The zero-order chi connectivity index (χ0) is 14.5. The van der Waals surface area contributed by atoms with Crippen LogP contribution >= 0.6 is 12.2 Å². The van der Waals surface area contributed by atoms with Crippen molar-refractivity contribution in [1.29, 1.82) is 0 Å². The first kappa shape index (κ1) is 14.1. The summed E-state index contributed by atoms with van der Waals surface area (Å²) in [6, 6.07) is 11.0. The maximum Gasteiger partial charge on any atom is 0.274 e. The van der Waals surface area contributed by atoms with E-state index in [2.05, 4.69) is 17.2 Å². The number of benzene rings is 1. The molecule has 1 aromatic heterocycles. The number of thiocarbonyl (C=S) groups is 1. The summed E-state index contributed by atoms with van der Waals surface area (Å²) < 4.78 is 0. The summed E-state index contributed by atoms with van der Waals surface area (Å²) in [5.41, 5.74) is 8.38. The first-order chi connectivity index (χ1) is 9.60. The third-order valence-electron chi connectivity index (χ3n) is 2.87. The van der Waals surface area contributed by atoms with Gasteiger partial charge in [-0.05, 0) is 36.2 Å². The number of carbonyl (C=O) groups excluding carboxylic acids is 1. The Kier molecular flexibility index (Phi) is 4.42. The van der Waals surface area contributed by atoms with E-state index < -0.39 is 0 Å². The molecule has 5 heteroatoms. The number of aryl methyl sites for hydroxylation is 1. The molecule has 1 amide bonds. The summed E-state index contributed by atoms with van der Waals surface area (Å²) in [6.45, 7) is 2.07. The van der Waals surface area contributed by atoms with Crippen molar-refractivity contribution in [3.05, 3.63) is 59.4 Å². The molecule has 2 rings (SSSR count). The molecule has 1 heterocycles. The van der Waals surface area contributed by atoms with Crippen LogP contribution in [0.2, 0.25) is 0 Å². The van der Waals surface area contributed by atoms with Crippen LogP contribution in [0.15, 0.2) is 42.6 Å². The van der Waals surface area contributed by atoms with Crippen LogP contribution in [0.4, 0.5) is 5.69 Å². The second-order valence-corrected chi connectivity index (χ2v) is 4.74. The van der Waals surface area contributed by atoms with Crippen LogP contribution in [0.5, 0.6) is 0 Å².